The Morgan fingerprint density at radius 1 is 1.17 bits per heavy atom. The maximum absolute atomic E-state index is 13.3. The van der Waals surface area contributed by atoms with Gasteiger partial charge in [-0.25, -0.2) is 0 Å². The van der Waals surface area contributed by atoms with Gasteiger partial charge >= 0.3 is 0 Å². The van der Waals surface area contributed by atoms with Gasteiger partial charge in [-0.1, -0.05) is 23.2 Å². The summed E-state index contributed by atoms with van der Waals surface area (Å²) in [6, 6.07) is 8.25. The second kappa shape index (κ2) is 10.2. The maximum atomic E-state index is 13.3. The Balaban J connectivity index is 1.53. The Kier molecular flexibility index (Phi) is 6.88. The van der Waals surface area contributed by atoms with Crippen LogP contribution in [-0.2, 0) is 13.1 Å². The minimum absolute atomic E-state index is 0.0669. The summed E-state index contributed by atoms with van der Waals surface area (Å²) in [5.41, 5.74) is 1.61. The number of aromatic nitrogens is 4. The monoisotopic (exact) mass is 559 g/mol. The molecule has 0 aliphatic heterocycles. The van der Waals surface area contributed by atoms with Crippen LogP contribution < -0.4 is 10.9 Å². The van der Waals surface area contributed by atoms with Gasteiger partial charge in [0.05, 0.1) is 51.5 Å². The molecule has 0 spiro atoms. The van der Waals surface area contributed by atoms with Crippen molar-refractivity contribution in [1.82, 2.24) is 19.3 Å². The van der Waals surface area contributed by atoms with Crippen molar-refractivity contribution in [3.63, 3.8) is 0 Å². The van der Waals surface area contributed by atoms with Crippen LogP contribution in [-0.4, -0.2) is 31.0 Å². The van der Waals surface area contributed by atoms with E-state index in [1.165, 1.54) is 69.0 Å². The molecule has 5 heterocycles. The minimum atomic E-state index is -0.522. The van der Waals surface area contributed by atoms with E-state index in [-0.39, 0.29) is 28.6 Å². The highest BCUT2D eigenvalue weighted by atomic mass is 35.5. The molecule has 36 heavy (non-hydrogen) atoms. The molecule has 0 atom stereocenters. The molecule has 0 bridgehead atoms. The molecule has 13 heteroatoms. The van der Waals surface area contributed by atoms with E-state index in [4.69, 9.17) is 27.6 Å². The van der Waals surface area contributed by atoms with E-state index in [2.05, 4.69) is 15.4 Å². The first-order valence-corrected chi connectivity index (χ1v) is 12.8. The van der Waals surface area contributed by atoms with Crippen LogP contribution in [0.3, 0.4) is 0 Å². The molecule has 0 fully saturated rings. The summed E-state index contributed by atoms with van der Waals surface area (Å²) in [6.45, 7) is 0.164. The number of carbonyl (C=O) groups excluding carboxylic acids is 2. The molecule has 5 rings (SSSR count). The lowest BCUT2D eigenvalue weighted by molar-refractivity contribution is 0.0949. The zero-order valence-electron chi connectivity index (χ0n) is 18.2. The zero-order chi connectivity index (χ0) is 25.2. The number of furan rings is 1. The number of halogens is 2. The minimum Gasteiger partial charge on any atom is -0.472 e. The molecule has 0 unspecified atom stereocenters. The summed E-state index contributed by atoms with van der Waals surface area (Å²) in [6.07, 6.45) is 5.58. The van der Waals surface area contributed by atoms with Gasteiger partial charge in [-0.3, -0.25) is 19.4 Å². The van der Waals surface area contributed by atoms with Crippen LogP contribution >= 0.6 is 45.9 Å². The third-order valence-electron chi connectivity index (χ3n) is 5.15. The fraction of sp³-hybridized carbons (Fsp3) is 0.0870. The van der Waals surface area contributed by atoms with Gasteiger partial charge in [0.2, 0.25) is 0 Å². The Labute approximate surface area is 221 Å². The largest absolute Gasteiger partial charge is 0.472 e. The third kappa shape index (κ3) is 4.91. The first kappa shape index (κ1) is 24.2. The Morgan fingerprint density at radius 3 is 2.72 bits per heavy atom. The van der Waals surface area contributed by atoms with Crippen LogP contribution in [0.1, 0.15) is 24.9 Å². The second-order valence-corrected chi connectivity index (χ2v) is 10.6. The highest BCUT2D eigenvalue weighted by Crippen LogP contribution is 2.28. The fourth-order valence-corrected chi connectivity index (χ4v) is 5.22. The Hall–Kier alpha value is -3.51. The van der Waals surface area contributed by atoms with Gasteiger partial charge in [-0.2, -0.15) is 9.78 Å². The topological polar surface area (TPSA) is 112 Å². The van der Waals surface area contributed by atoms with Gasteiger partial charge in [0.15, 0.2) is 5.78 Å². The maximum Gasteiger partial charge on any atom is 0.291 e. The fourth-order valence-electron chi connectivity index (χ4n) is 3.41. The lowest BCUT2D eigenvalue weighted by atomic mass is 10.2. The van der Waals surface area contributed by atoms with E-state index in [1.54, 1.807) is 17.6 Å². The molecule has 0 aromatic carbocycles. The number of pyridine rings is 1. The van der Waals surface area contributed by atoms with E-state index >= 15 is 0 Å². The summed E-state index contributed by atoms with van der Waals surface area (Å²) < 4.78 is 8.00. The number of carbonyl (C=O) groups is 2. The van der Waals surface area contributed by atoms with Crippen molar-refractivity contribution in [2.45, 2.75) is 13.1 Å². The number of hydrogen-bond donors (Lipinski definition) is 1. The van der Waals surface area contributed by atoms with Crippen molar-refractivity contribution >= 4 is 63.4 Å². The lowest BCUT2D eigenvalue weighted by Gasteiger charge is -2.07. The van der Waals surface area contributed by atoms with Crippen molar-refractivity contribution in [3.05, 3.63) is 95.8 Å². The molecular formula is C23H15Cl2N5O4S2. The molecule has 0 amide bonds. The standard InChI is InChI=1S/C23H15Cl2N5O4S2/c24-15-3-5-29(10-17(31)13-4-6-34-11-13)23(33)21(15)16-7-20(27-8-14-1-2-19(25)36-14)30(28-16)22(32)18-9-26-12-35-18/h1-7,9,11-12,27H,8,10H2. The van der Waals surface area contributed by atoms with Gasteiger partial charge < -0.3 is 14.3 Å². The Bertz CT molecular complexity index is 1600. The SMILES string of the molecule is O=C(Cn1ccc(Cl)c(-c2cc(NCc3ccc(Cl)s3)n(C(=O)c3cncs3)n2)c1=O)c1ccoc1. The van der Waals surface area contributed by atoms with Crippen molar-refractivity contribution in [2.75, 3.05) is 5.32 Å². The normalized spacial score (nSPS) is 11.1. The number of nitrogens with zero attached hydrogens (tertiary/aromatic N) is 4. The predicted octanol–water partition coefficient (Wildman–Crippen LogP) is 5.31. The number of thiophene rings is 1. The summed E-state index contributed by atoms with van der Waals surface area (Å²) in [4.78, 5) is 44.3. The zero-order valence-corrected chi connectivity index (χ0v) is 21.3. The van der Waals surface area contributed by atoms with Crippen LogP contribution in [0.2, 0.25) is 9.36 Å². The highest BCUT2D eigenvalue weighted by Gasteiger charge is 2.22. The average molecular weight is 560 g/mol. The molecule has 0 saturated carbocycles. The van der Waals surface area contributed by atoms with E-state index in [0.29, 0.717) is 27.1 Å². The quantitative estimate of drug-likeness (QED) is 0.256. The van der Waals surface area contributed by atoms with Crippen molar-refractivity contribution < 1.29 is 14.0 Å². The summed E-state index contributed by atoms with van der Waals surface area (Å²) in [5, 5.41) is 7.73. The predicted molar refractivity (Wildman–Crippen MR) is 138 cm³/mol. The van der Waals surface area contributed by atoms with E-state index < -0.39 is 11.5 Å². The van der Waals surface area contributed by atoms with Crippen molar-refractivity contribution in [3.8, 4) is 11.3 Å². The Morgan fingerprint density at radius 2 is 2.03 bits per heavy atom. The van der Waals surface area contributed by atoms with Gasteiger partial charge in [-0.15, -0.1) is 22.7 Å². The molecule has 5 aromatic heterocycles. The van der Waals surface area contributed by atoms with E-state index in [9.17, 15) is 14.4 Å². The van der Waals surface area contributed by atoms with Crippen LogP contribution in [0.5, 0.6) is 0 Å². The number of thiazole rings is 1. The lowest BCUT2D eigenvalue weighted by Crippen LogP contribution is -2.25. The third-order valence-corrected chi connectivity index (χ3v) is 7.45. The van der Waals surface area contributed by atoms with Gasteiger partial charge in [-0.05, 0) is 24.3 Å². The van der Waals surface area contributed by atoms with Crippen LogP contribution in [0.4, 0.5) is 5.82 Å². The van der Waals surface area contributed by atoms with Crippen LogP contribution in [0.15, 0.2) is 70.0 Å². The molecule has 0 aliphatic rings. The summed E-state index contributed by atoms with van der Waals surface area (Å²) >= 11 is 15.0. The first-order valence-electron chi connectivity index (χ1n) is 10.4. The molecule has 9 nitrogen and oxygen atoms in total. The second-order valence-electron chi connectivity index (χ2n) is 7.46. The van der Waals surface area contributed by atoms with Crippen molar-refractivity contribution in [2.24, 2.45) is 0 Å². The molecule has 5 aromatic rings. The van der Waals surface area contributed by atoms with Gasteiger partial charge in [0, 0.05) is 17.1 Å². The smallest absolute Gasteiger partial charge is 0.291 e. The first-order chi connectivity index (χ1) is 17.4. The van der Waals surface area contributed by atoms with Crippen LogP contribution in [0, 0.1) is 0 Å². The van der Waals surface area contributed by atoms with Gasteiger partial charge in [0.25, 0.3) is 11.5 Å². The number of ketones is 1. The van der Waals surface area contributed by atoms with Crippen LogP contribution in [0.25, 0.3) is 11.3 Å². The molecule has 182 valence electrons. The van der Waals surface area contributed by atoms with Gasteiger partial charge in [0.1, 0.15) is 22.7 Å². The highest BCUT2D eigenvalue weighted by molar-refractivity contribution is 7.16. The molecule has 0 saturated heterocycles. The van der Waals surface area contributed by atoms with Crippen molar-refractivity contribution in [1.29, 1.82) is 0 Å². The molecule has 0 aliphatic carbocycles. The molecule has 0 radical (unpaired) electrons. The number of rotatable bonds is 8. The number of nitrogens with one attached hydrogen (secondary N) is 1. The average Bonchev–Trinajstić information content (AvgIpc) is 3.67. The molecular weight excluding hydrogens is 545 g/mol. The summed E-state index contributed by atoms with van der Waals surface area (Å²) in [7, 11) is 0. The molecule has 1 N–H and O–H groups in total. The summed E-state index contributed by atoms with van der Waals surface area (Å²) in [5.74, 6) is -0.367. The number of hydrogen-bond acceptors (Lipinski definition) is 9. The van der Waals surface area contributed by atoms with E-state index in [1.807, 2.05) is 6.07 Å². The van der Waals surface area contributed by atoms with E-state index in [0.717, 1.165) is 4.88 Å². The number of Topliss-reactive ketones (excluding diaryl/α,β-unsaturated/α-hetero) is 1. The number of anilines is 1.